The molecule has 4 rings (SSSR count). The maximum Gasteiger partial charge on any atom is 0.204 e. The Balaban J connectivity index is 2.15. The quantitative estimate of drug-likeness (QED) is 0.301. The number of allylic oxidation sites excluding steroid dienone is 4. The fraction of sp³-hybridized carbons (Fsp3) is 0.393. The van der Waals surface area contributed by atoms with Gasteiger partial charge in [0, 0.05) is 29.2 Å². The van der Waals surface area contributed by atoms with E-state index in [9.17, 15) is 25.2 Å². The number of rotatable bonds is 4. The van der Waals surface area contributed by atoms with Gasteiger partial charge in [-0.05, 0) is 54.4 Å². The van der Waals surface area contributed by atoms with Gasteiger partial charge in [0.25, 0.3) is 0 Å². The average Bonchev–Trinajstić information content (AvgIpc) is 2.74. The highest BCUT2D eigenvalue weighted by Crippen LogP contribution is 2.47. The first-order valence-electron chi connectivity index (χ1n) is 11.7. The summed E-state index contributed by atoms with van der Waals surface area (Å²) < 4.78 is 12.1. The minimum Gasteiger partial charge on any atom is -0.507 e. The van der Waals surface area contributed by atoms with Crippen molar-refractivity contribution in [3.05, 3.63) is 56.3 Å². The minimum atomic E-state index is -0.978. The molecule has 7 nitrogen and oxygen atoms in total. The van der Waals surface area contributed by atoms with Crippen molar-refractivity contribution in [2.45, 2.75) is 72.5 Å². The standard InChI is InChI=1S/C28H32O7/c1-13(2)7-9-15-18(29)12-19-22(23(15)31)25(33)21-17-11-20(30)28(5,6)35-27(17)24(32)16(26(21)34-19)10-8-14(3)4/h7-8,12,20,29-32H,9-11H2,1-6H3/t20-/m1/s1. The summed E-state index contributed by atoms with van der Waals surface area (Å²) in [5.41, 5.74) is 1.58. The molecule has 1 aromatic heterocycles. The zero-order chi connectivity index (χ0) is 25.8. The van der Waals surface area contributed by atoms with Crippen LogP contribution < -0.4 is 10.2 Å². The molecular formula is C28H32O7. The van der Waals surface area contributed by atoms with Gasteiger partial charge >= 0.3 is 0 Å². The van der Waals surface area contributed by atoms with Crippen LogP contribution in [0.3, 0.4) is 0 Å². The van der Waals surface area contributed by atoms with Crippen molar-refractivity contribution in [1.82, 2.24) is 0 Å². The number of phenols is 3. The molecule has 2 heterocycles. The van der Waals surface area contributed by atoms with Crippen LogP contribution in [-0.2, 0) is 19.3 Å². The molecule has 0 aliphatic carbocycles. The van der Waals surface area contributed by atoms with E-state index in [1.165, 1.54) is 6.07 Å². The van der Waals surface area contributed by atoms with Gasteiger partial charge < -0.3 is 29.6 Å². The van der Waals surface area contributed by atoms with Gasteiger partial charge in [0.2, 0.25) is 5.43 Å². The van der Waals surface area contributed by atoms with Crippen molar-refractivity contribution < 1.29 is 29.6 Å². The van der Waals surface area contributed by atoms with Crippen LogP contribution in [0.2, 0.25) is 0 Å². The number of ether oxygens (including phenoxy) is 1. The monoisotopic (exact) mass is 480 g/mol. The molecule has 4 N–H and O–H groups in total. The maximum atomic E-state index is 13.9. The van der Waals surface area contributed by atoms with Gasteiger partial charge in [0.05, 0.1) is 11.5 Å². The third-order valence-corrected chi connectivity index (χ3v) is 6.58. The second-order valence-corrected chi connectivity index (χ2v) is 10.3. The molecule has 0 radical (unpaired) electrons. The third kappa shape index (κ3) is 4.14. The Kier molecular flexibility index (Phi) is 6.09. The summed E-state index contributed by atoms with van der Waals surface area (Å²) in [5.74, 6) is -0.553. The molecule has 186 valence electrons. The number of hydrogen-bond acceptors (Lipinski definition) is 7. The Morgan fingerprint density at radius 2 is 1.60 bits per heavy atom. The lowest BCUT2D eigenvalue weighted by atomic mass is 9.87. The van der Waals surface area contributed by atoms with E-state index < -0.39 is 17.1 Å². The first-order valence-corrected chi connectivity index (χ1v) is 11.7. The van der Waals surface area contributed by atoms with Crippen molar-refractivity contribution in [3.8, 4) is 23.0 Å². The zero-order valence-corrected chi connectivity index (χ0v) is 20.9. The highest BCUT2D eigenvalue weighted by Gasteiger charge is 2.40. The Morgan fingerprint density at radius 3 is 2.20 bits per heavy atom. The Morgan fingerprint density at radius 1 is 1.00 bits per heavy atom. The fourth-order valence-electron chi connectivity index (χ4n) is 4.43. The predicted molar refractivity (Wildman–Crippen MR) is 136 cm³/mol. The number of aliphatic hydroxyl groups excluding tert-OH is 1. The van der Waals surface area contributed by atoms with Crippen molar-refractivity contribution in [1.29, 1.82) is 0 Å². The summed E-state index contributed by atoms with van der Waals surface area (Å²) in [6, 6.07) is 1.32. The van der Waals surface area contributed by atoms with Crippen LogP contribution in [0.4, 0.5) is 0 Å². The van der Waals surface area contributed by atoms with E-state index in [2.05, 4.69) is 0 Å². The lowest BCUT2D eigenvalue weighted by Crippen LogP contribution is -2.46. The van der Waals surface area contributed by atoms with E-state index in [-0.39, 0.29) is 69.8 Å². The van der Waals surface area contributed by atoms with Crippen molar-refractivity contribution >= 4 is 21.9 Å². The number of fused-ring (bicyclic) bond motifs is 4. The molecule has 0 saturated carbocycles. The SMILES string of the molecule is CC(C)=CCc1c(O)cc2oc3c(CC=C(C)C)c(O)c4c(c3c(=O)c2c1O)C[C@@H](O)C(C)(C)O4. The van der Waals surface area contributed by atoms with E-state index >= 15 is 0 Å². The molecule has 2 aromatic carbocycles. The third-order valence-electron chi connectivity index (χ3n) is 6.58. The maximum absolute atomic E-state index is 13.9. The number of aliphatic hydroxyl groups is 1. The minimum absolute atomic E-state index is 0.00820. The van der Waals surface area contributed by atoms with Crippen LogP contribution in [0.1, 0.15) is 58.2 Å². The van der Waals surface area contributed by atoms with Gasteiger partial charge in [-0.3, -0.25) is 4.79 Å². The Hall–Kier alpha value is -3.45. The first kappa shape index (κ1) is 24.7. The Bertz CT molecular complexity index is 1460. The van der Waals surface area contributed by atoms with Crippen LogP contribution in [0, 0.1) is 0 Å². The first-order chi connectivity index (χ1) is 16.3. The summed E-state index contributed by atoms with van der Waals surface area (Å²) in [6.45, 7) is 11.1. The summed E-state index contributed by atoms with van der Waals surface area (Å²) in [6.07, 6.45) is 3.38. The highest BCUT2D eigenvalue weighted by atomic mass is 16.5. The molecule has 0 amide bonds. The predicted octanol–water partition coefficient (Wildman–Crippen LogP) is 5.15. The van der Waals surface area contributed by atoms with E-state index in [1.807, 2.05) is 39.8 Å². The molecule has 0 spiro atoms. The highest BCUT2D eigenvalue weighted by molar-refractivity contribution is 5.99. The largest absolute Gasteiger partial charge is 0.507 e. The number of benzene rings is 2. The van der Waals surface area contributed by atoms with Crippen molar-refractivity contribution in [3.63, 3.8) is 0 Å². The molecule has 0 saturated heterocycles. The second-order valence-electron chi connectivity index (χ2n) is 10.3. The molecule has 1 aliphatic rings. The molecule has 35 heavy (non-hydrogen) atoms. The number of aromatic hydroxyl groups is 3. The molecular weight excluding hydrogens is 448 g/mol. The van der Waals surface area contributed by atoms with Gasteiger partial charge in [-0.2, -0.15) is 0 Å². The van der Waals surface area contributed by atoms with Crippen molar-refractivity contribution in [2.24, 2.45) is 0 Å². The van der Waals surface area contributed by atoms with Gasteiger partial charge in [-0.1, -0.05) is 23.3 Å². The van der Waals surface area contributed by atoms with Crippen LogP contribution in [0.25, 0.3) is 21.9 Å². The Labute approximate surface area is 203 Å². The summed E-state index contributed by atoms with van der Waals surface area (Å²) in [7, 11) is 0. The lowest BCUT2D eigenvalue weighted by Gasteiger charge is -2.38. The smallest absolute Gasteiger partial charge is 0.204 e. The molecule has 0 fully saturated rings. The summed E-state index contributed by atoms with van der Waals surface area (Å²) in [4.78, 5) is 13.9. The average molecular weight is 481 g/mol. The van der Waals surface area contributed by atoms with Gasteiger partial charge in [0.15, 0.2) is 11.5 Å². The number of phenolic OH excluding ortho intramolecular Hbond substituents is 3. The fourth-order valence-corrected chi connectivity index (χ4v) is 4.43. The van der Waals surface area contributed by atoms with E-state index in [1.54, 1.807) is 13.8 Å². The molecule has 0 bridgehead atoms. The lowest BCUT2D eigenvalue weighted by molar-refractivity contribution is -0.0421. The molecule has 0 unspecified atom stereocenters. The molecule has 1 atom stereocenters. The van der Waals surface area contributed by atoms with Crippen LogP contribution in [-0.4, -0.2) is 32.1 Å². The second kappa shape index (κ2) is 8.64. The molecule has 3 aromatic rings. The van der Waals surface area contributed by atoms with E-state index in [4.69, 9.17) is 9.15 Å². The van der Waals surface area contributed by atoms with Crippen LogP contribution in [0.15, 0.2) is 38.6 Å². The summed E-state index contributed by atoms with van der Waals surface area (Å²) in [5, 5.41) is 43.6. The van der Waals surface area contributed by atoms with E-state index in [0.29, 0.717) is 11.1 Å². The zero-order valence-electron chi connectivity index (χ0n) is 20.9. The van der Waals surface area contributed by atoms with Crippen LogP contribution in [0.5, 0.6) is 23.0 Å². The molecule has 1 aliphatic heterocycles. The molecule has 7 heteroatoms. The topological polar surface area (TPSA) is 120 Å². The normalized spacial score (nSPS) is 16.6. The summed E-state index contributed by atoms with van der Waals surface area (Å²) >= 11 is 0. The van der Waals surface area contributed by atoms with Crippen molar-refractivity contribution in [2.75, 3.05) is 0 Å². The number of hydrogen-bond donors (Lipinski definition) is 4. The van der Waals surface area contributed by atoms with Gasteiger partial charge in [0.1, 0.15) is 33.7 Å². The van der Waals surface area contributed by atoms with Crippen LogP contribution >= 0.6 is 0 Å². The van der Waals surface area contributed by atoms with Gasteiger partial charge in [-0.25, -0.2) is 0 Å². The van der Waals surface area contributed by atoms with E-state index in [0.717, 1.165) is 11.1 Å². The van der Waals surface area contributed by atoms with Gasteiger partial charge in [-0.15, -0.1) is 0 Å².